The zero-order chi connectivity index (χ0) is 15.4. The Hall–Kier alpha value is -1.35. The number of amides is 1. The summed E-state index contributed by atoms with van der Waals surface area (Å²) < 4.78 is 0. The van der Waals surface area contributed by atoms with Crippen molar-refractivity contribution in [3.05, 3.63) is 35.4 Å². The second-order valence-electron chi connectivity index (χ2n) is 6.68. The van der Waals surface area contributed by atoms with Gasteiger partial charge in [0.05, 0.1) is 6.04 Å². The lowest BCUT2D eigenvalue weighted by Gasteiger charge is -2.27. The first-order chi connectivity index (χ1) is 9.97. The molecule has 1 aromatic rings. The highest BCUT2D eigenvalue weighted by atomic mass is 16.1. The number of nitrogens with one attached hydrogen (secondary N) is 1. The molecule has 3 atom stereocenters. The van der Waals surface area contributed by atoms with Gasteiger partial charge in [0.2, 0.25) is 5.91 Å². The van der Waals surface area contributed by atoms with Crippen molar-refractivity contribution in [1.29, 1.82) is 0 Å². The topological polar surface area (TPSA) is 55.1 Å². The van der Waals surface area contributed by atoms with Gasteiger partial charge in [-0.15, -0.1) is 0 Å². The molecule has 3 N–H and O–H groups in total. The van der Waals surface area contributed by atoms with E-state index in [1.807, 2.05) is 6.92 Å². The first kappa shape index (κ1) is 16.0. The van der Waals surface area contributed by atoms with Crippen LogP contribution in [0.1, 0.15) is 69.5 Å². The minimum Gasteiger partial charge on any atom is -0.349 e. The van der Waals surface area contributed by atoms with Gasteiger partial charge in [0, 0.05) is 12.0 Å². The summed E-state index contributed by atoms with van der Waals surface area (Å²) >= 11 is 0. The van der Waals surface area contributed by atoms with Gasteiger partial charge in [-0.1, -0.05) is 44.5 Å². The van der Waals surface area contributed by atoms with Crippen LogP contribution in [0, 0.1) is 5.92 Å². The molecule has 0 aromatic heterocycles. The third-order valence-electron chi connectivity index (χ3n) is 4.55. The molecule has 0 saturated heterocycles. The average Bonchev–Trinajstić information content (AvgIpc) is 2.47. The van der Waals surface area contributed by atoms with Gasteiger partial charge >= 0.3 is 0 Å². The Labute approximate surface area is 128 Å². The molecule has 1 fully saturated rings. The number of benzene rings is 1. The monoisotopic (exact) mass is 288 g/mol. The van der Waals surface area contributed by atoms with Gasteiger partial charge in [-0.05, 0) is 43.2 Å². The van der Waals surface area contributed by atoms with Crippen molar-refractivity contribution in [1.82, 2.24) is 5.32 Å². The van der Waals surface area contributed by atoms with Gasteiger partial charge in [-0.3, -0.25) is 4.79 Å². The number of carbonyl (C=O) groups is 1. The quantitative estimate of drug-likeness (QED) is 0.891. The van der Waals surface area contributed by atoms with Gasteiger partial charge in [0.25, 0.3) is 0 Å². The summed E-state index contributed by atoms with van der Waals surface area (Å²) in [6.45, 7) is 6.42. The molecular weight excluding hydrogens is 260 g/mol. The van der Waals surface area contributed by atoms with Crippen molar-refractivity contribution in [2.24, 2.45) is 11.7 Å². The molecule has 3 unspecified atom stereocenters. The van der Waals surface area contributed by atoms with Gasteiger partial charge in [0.1, 0.15) is 0 Å². The fourth-order valence-corrected chi connectivity index (χ4v) is 3.05. The van der Waals surface area contributed by atoms with E-state index in [-0.39, 0.29) is 23.9 Å². The summed E-state index contributed by atoms with van der Waals surface area (Å²) in [5, 5.41) is 3.14. The van der Waals surface area contributed by atoms with E-state index in [1.165, 1.54) is 5.56 Å². The van der Waals surface area contributed by atoms with E-state index >= 15 is 0 Å². The molecule has 1 aliphatic rings. The minimum atomic E-state index is 0.0527. The van der Waals surface area contributed by atoms with Crippen molar-refractivity contribution in [2.45, 2.75) is 64.5 Å². The van der Waals surface area contributed by atoms with E-state index in [9.17, 15) is 4.79 Å². The molecular formula is C18H28N2O. The van der Waals surface area contributed by atoms with E-state index in [0.717, 1.165) is 31.2 Å². The van der Waals surface area contributed by atoms with Crippen LogP contribution in [0.5, 0.6) is 0 Å². The SMILES string of the molecule is CC(C)c1ccc(C(C)NC(=O)C2CCCC(N)C2)cc1. The molecule has 3 nitrogen and oxygen atoms in total. The molecule has 116 valence electrons. The maximum atomic E-state index is 12.3. The Kier molecular flexibility index (Phi) is 5.40. The lowest BCUT2D eigenvalue weighted by atomic mass is 9.85. The van der Waals surface area contributed by atoms with Crippen LogP contribution < -0.4 is 11.1 Å². The number of rotatable bonds is 4. The fourth-order valence-electron chi connectivity index (χ4n) is 3.05. The van der Waals surface area contributed by atoms with Crippen LogP contribution in [0.15, 0.2) is 24.3 Å². The van der Waals surface area contributed by atoms with Gasteiger partial charge in [-0.25, -0.2) is 0 Å². The molecule has 1 amide bonds. The molecule has 0 heterocycles. The van der Waals surface area contributed by atoms with E-state index in [1.54, 1.807) is 0 Å². The Morgan fingerprint density at radius 1 is 1.14 bits per heavy atom. The van der Waals surface area contributed by atoms with E-state index in [4.69, 9.17) is 5.73 Å². The maximum absolute atomic E-state index is 12.3. The second kappa shape index (κ2) is 7.08. The van der Waals surface area contributed by atoms with Crippen molar-refractivity contribution in [2.75, 3.05) is 0 Å². The van der Waals surface area contributed by atoms with Crippen LogP contribution >= 0.6 is 0 Å². The van der Waals surface area contributed by atoms with Crippen molar-refractivity contribution < 1.29 is 4.79 Å². The Morgan fingerprint density at radius 3 is 2.33 bits per heavy atom. The van der Waals surface area contributed by atoms with Crippen LogP contribution in [0.2, 0.25) is 0 Å². The molecule has 0 bridgehead atoms. The molecule has 2 rings (SSSR count). The molecule has 21 heavy (non-hydrogen) atoms. The van der Waals surface area contributed by atoms with Crippen LogP contribution in [0.3, 0.4) is 0 Å². The van der Waals surface area contributed by atoms with Gasteiger partial charge < -0.3 is 11.1 Å². The van der Waals surface area contributed by atoms with E-state index in [2.05, 4.69) is 43.4 Å². The highest BCUT2D eigenvalue weighted by molar-refractivity contribution is 5.79. The number of carbonyl (C=O) groups excluding carboxylic acids is 1. The van der Waals surface area contributed by atoms with Gasteiger partial charge in [0.15, 0.2) is 0 Å². The molecule has 0 radical (unpaired) electrons. The molecule has 1 aromatic carbocycles. The largest absolute Gasteiger partial charge is 0.349 e. The van der Waals surface area contributed by atoms with Crippen LogP contribution in [0.25, 0.3) is 0 Å². The highest BCUT2D eigenvalue weighted by Crippen LogP contribution is 2.24. The predicted molar refractivity (Wildman–Crippen MR) is 87.0 cm³/mol. The first-order valence-electron chi connectivity index (χ1n) is 8.13. The van der Waals surface area contributed by atoms with Crippen molar-refractivity contribution >= 4 is 5.91 Å². The van der Waals surface area contributed by atoms with E-state index < -0.39 is 0 Å². The Balaban J connectivity index is 1.93. The zero-order valence-electron chi connectivity index (χ0n) is 13.4. The number of hydrogen-bond acceptors (Lipinski definition) is 2. The summed E-state index contributed by atoms with van der Waals surface area (Å²) in [5.74, 6) is 0.782. The van der Waals surface area contributed by atoms with Crippen LogP contribution in [-0.4, -0.2) is 11.9 Å². The highest BCUT2D eigenvalue weighted by Gasteiger charge is 2.26. The molecule has 1 saturated carbocycles. The summed E-state index contributed by atoms with van der Waals surface area (Å²) in [5.41, 5.74) is 8.46. The molecule has 0 aliphatic heterocycles. The third kappa shape index (κ3) is 4.31. The lowest BCUT2D eigenvalue weighted by molar-refractivity contribution is -0.126. The van der Waals surface area contributed by atoms with Gasteiger partial charge in [-0.2, -0.15) is 0 Å². The normalized spacial score (nSPS) is 23.9. The Morgan fingerprint density at radius 2 is 1.76 bits per heavy atom. The maximum Gasteiger partial charge on any atom is 0.223 e. The smallest absolute Gasteiger partial charge is 0.223 e. The minimum absolute atomic E-state index is 0.0527. The third-order valence-corrected chi connectivity index (χ3v) is 4.55. The molecule has 1 aliphatic carbocycles. The fraction of sp³-hybridized carbons (Fsp3) is 0.611. The lowest BCUT2D eigenvalue weighted by Crippen LogP contribution is -2.38. The molecule has 0 spiro atoms. The predicted octanol–water partition coefficient (Wildman–Crippen LogP) is 3.50. The first-order valence-corrected chi connectivity index (χ1v) is 8.13. The molecule has 3 heteroatoms. The average molecular weight is 288 g/mol. The van der Waals surface area contributed by atoms with Crippen molar-refractivity contribution in [3.8, 4) is 0 Å². The summed E-state index contributed by atoms with van der Waals surface area (Å²) in [7, 11) is 0. The van der Waals surface area contributed by atoms with E-state index in [0.29, 0.717) is 5.92 Å². The van der Waals surface area contributed by atoms with Crippen LogP contribution in [-0.2, 0) is 4.79 Å². The summed E-state index contributed by atoms with van der Waals surface area (Å²) in [6.07, 6.45) is 3.91. The number of hydrogen-bond donors (Lipinski definition) is 2. The summed E-state index contributed by atoms with van der Waals surface area (Å²) in [4.78, 5) is 12.3. The summed E-state index contributed by atoms with van der Waals surface area (Å²) in [6, 6.07) is 8.78. The van der Waals surface area contributed by atoms with Crippen molar-refractivity contribution in [3.63, 3.8) is 0 Å². The standard InChI is InChI=1S/C18H28N2O/c1-12(2)14-7-9-15(10-8-14)13(3)20-18(21)16-5-4-6-17(19)11-16/h7-10,12-13,16-17H,4-6,11,19H2,1-3H3,(H,20,21). The zero-order valence-corrected chi connectivity index (χ0v) is 13.4. The second-order valence-corrected chi connectivity index (χ2v) is 6.68. The Bertz CT molecular complexity index is 467. The van der Waals surface area contributed by atoms with Crippen LogP contribution in [0.4, 0.5) is 0 Å². The number of nitrogens with two attached hydrogens (primary N) is 1.